The first-order valence-corrected chi connectivity index (χ1v) is 11.4. The van der Waals surface area contributed by atoms with Gasteiger partial charge in [0.25, 0.3) is 0 Å². The fraction of sp³-hybridized carbons (Fsp3) is 0.478. The number of rotatable bonds is 7. The van der Waals surface area contributed by atoms with Crippen molar-refractivity contribution in [2.75, 3.05) is 43.9 Å². The van der Waals surface area contributed by atoms with E-state index in [4.69, 9.17) is 16.6 Å². The quantitative estimate of drug-likeness (QED) is 0.586. The molecule has 1 N–H and O–H groups in total. The van der Waals surface area contributed by atoms with E-state index in [-0.39, 0.29) is 11.8 Å². The molecule has 1 fully saturated rings. The third-order valence-electron chi connectivity index (χ3n) is 6.00. The Morgan fingerprint density at radius 1 is 1.19 bits per heavy atom. The Labute approximate surface area is 193 Å². The second-order valence-electron chi connectivity index (χ2n) is 8.64. The van der Waals surface area contributed by atoms with Crippen LogP contribution in [0.2, 0.25) is 5.15 Å². The van der Waals surface area contributed by atoms with Crippen molar-refractivity contribution in [3.05, 3.63) is 41.3 Å². The summed E-state index contributed by atoms with van der Waals surface area (Å²) >= 11 is 5.82. The number of carbonyl (C=O) groups is 1. The summed E-state index contributed by atoms with van der Waals surface area (Å²) in [4.78, 5) is 21.9. The predicted octanol–water partition coefficient (Wildman–Crippen LogP) is 3.59. The molecule has 1 saturated heterocycles. The van der Waals surface area contributed by atoms with E-state index < -0.39 is 0 Å². The normalized spacial score (nSPS) is 15.0. The fourth-order valence-electron chi connectivity index (χ4n) is 4.25. The van der Waals surface area contributed by atoms with Gasteiger partial charge in [-0.3, -0.25) is 4.79 Å². The van der Waals surface area contributed by atoms with Crippen LogP contribution in [0.25, 0.3) is 11.0 Å². The molecule has 3 heterocycles. The zero-order valence-corrected chi connectivity index (χ0v) is 19.6. The summed E-state index contributed by atoms with van der Waals surface area (Å²) in [6, 6.07) is 9.61. The highest BCUT2D eigenvalue weighted by molar-refractivity contribution is 6.29. The standard InChI is InChI=1S/C23H30ClN7O/c1-16-25-19-15-18(5-6-20(19)31(16)12-4-11-29(2)3)26-23(32)17-9-13-30(14-10-17)22-8-7-21(24)27-28-22/h5-8,15,17H,4,9-14H2,1-3H3,(H,26,32). The molecule has 1 amide bonds. The molecule has 0 spiro atoms. The van der Waals surface area contributed by atoms with Gasteiger partial charge in [0.1, 0.15) is 5.82 Å². The number of imidazole rings is 1. The first kappa shape index (κ1) is 22.5. The summed E-state index contributed by atoms with van der Waals surface area (Å²) in [5, 5.41) is 11.5. The van der Waals surface area contributed by atoms with Crippen LogP contribution in [0, 0.1) is 12.8 Å². The molecular formula is C23H30ClN7O. The fourth-order valence-corrected chi connectivity index (χ4v) is 4.35. The molecule has 0 atom stereocenters. The lowest BCUT2D eigenvalue weighted by Crippen LogP contribution is -2.38. The Balaban J connectivity index is 1.36. The van der Waals surface area contributed by atoms with Gasteiger partial charge >= 0.3 is 0 Å². The van der Waals surface area contributed by atoms with Gasteiger partial charge in [-0.05, 0) is 77.2 Å². The number of piperidine rings is 1. The Morgan fingerprint density at radius 3 is 2.66 bits per heavy atom. The van der Waals surface area contributed by atoms with E-state index in [1.807, 2.05) is 25.1 Å². The highest BCUT2D eigenvalue weighted by atomic mass is 35.5. The maximum absolute atomic E-state index is 12.9. The number of hydrogen-bond acceptors (Lipinski definition) is 6. The number of aryl methyl sites for hydroxylation is 2. The van der Waals surface area contributed by atoms with Crippen molar-refractivity contribution in [3.8, 4) is 0 Å². The summed E-state index contributed by atoms with van der Waals surface area (Å²) < 4.78 is 2.25. The van der Waals surface area contributed by atoms with Gasteiger partial charge in [-0.15, -0.1) is 10.2 Å². The first-order valence-electron chi connectivity index (χ1n) is 11.1. The van der Waals surface area contributed by atoms with Gasteiger partial charge in [0.2, 0.25) is 5.91 Å². The van der Waals surface area contributed by atoms with Crippen molar-refractivity contribution in [1.82, 2.24) is 24.6 Å². The molecule has 1 aliphatic rings. The second-order valence-corrected chi connectivity index (χ2v) is 9.02. The smallest absolute Gasteiger partial charge is 0.227 e. The topological polar surface area (TPSA) is 79.2 Å². The van der Waals surface area contributed by atoms with Gasteiger partial charge < -0.3 is 19.7 Å². The average Bonchev–Trinajstić information content (AvgIpc) is 3.08. The van der Waals surface area contributed by atoms with Crippen LogP contribution in [-0.4, -0.2) is 64.3 Å². The molecule has 9 heteroatoms. The largest absolute Gasteiger partial charge is 0.355 e. The van der Waals surface area contributed by atoms with E-state index in [9.17, 15) is 4.79 Å². The zero-order valence-electron chi connectivity index (χ0n) is 18.9. The van der Waals surface area contributed by atoms with Crippen molar-refractivity contribution in [1.29, 1.82) is 0 Å². The van der Waals surface area contributed by atoms with Crippen LogP contribution in [0.15, 0.2) is 30.3 Å². The van der Waals surface area contributed by atoms with E-state index >= 15 is 0 Å². The van der Waals surface area contributed by atoms with Crippen LogP contribution in [0.4, 0.5) is 11.5 Å². The molecular weight excluding hydrogens is 426 g/mol. The minimum Gasteiger partial charge on any atom is -0.355 e. The van der Waals surface area contributed by atoms with E-state index in [0.717, 1.165) is 73.8 Å². The number of fused-ring (bicyclic) bond motifs is 1. The molecule has 170 valence electrons. The molecule has 4 rings (SSSR count). The zero-order chi connectivity index (χ0) is 22.7. The third-order valence-corrected chi connectivity index (χ3v) is 6.20. The minimum absolute atomic E-state index is 0.0208. The van der Waals surface area contributed by atoms with Crippen LogP contribution in [0.3, 0.4) is 0 Å². The van der Waals surface area contributed by atoms with Crippen molar-refractivity contribution < 1.29 is 4.79 Å². The minimum atomic E-state index is -0.0208. The van der Waals surface area contributed by atoms with E-state index in [1.54, 1.807) is 6.07 Å². The Kier molecular flexibility index (Phi) is 6.91. The van der Waals surface area contributed by atoms with Crippen LogP contribution in [0.5, 0.6) is 0 Å². The van der Waals surface area contributed by atoms with Gasteiger partial charge in [0.15, 0.2) is 11.0 Å². The van der Waals surface area contributed by atoms with E-state index in [0.29, 0.717) is 5.15 Å². The molecule has 0 saturated carbocycles. The van der Waals surface area contributed by atoms with Gasteiger partial charge in [0.05, 0.1) is 11.0 Å². The Hall–Kier alpha value is -2.71. The van der Waals surface area contributed by atoms with Gasteiger partial charge in [0, 0.05) is 31.2 Å². The lowest BCUT2D eigenvalue weighted by atomic mass is 9.96. The van der Waals surface area contributed by atoms with Gasteiger partial charge in [-0.25, -0.2) is 4.98 Å². The molecule has 0 unspecified atom stereocenters. The monoisotopic (exact) mass is 455 g/mol. The molecule has 3 aromatic rings. The molecule has 1 aliphatic heterocycles. The number of halogens is 1. The molecule has 0 bridgehead atoms. The number of benzene rings is 1. The molecule has 1 aromatic carbocycles. The highest BCUT2D eigenvalue weighted by Gasteiger charge is 2.26. The van der Waals surface area contributed by atoms with Gasteiger partial charge in [-0.1, -0.05) is 11.6 Å². The maximum Gasteiger partial charge on any atom is 0.227 e. The lowest BCUT2D eigenvalue weighted by Gasteiger charge is -2.31. The van der Waals surface area contributed by atoms with Crippen LogP contribution in [0.1, 0.15) is 25.1 Å². The predicted molar refractivity (Wildman–Crippen MR) is 128 cm³/mol. The Morgan fingerprint density at radius 2 is 1.97 bits per heavy atom. The average molecular weight is 456 g/mol. The summed E-state index contributed by atoms with van der Waals surface area (Å²) in [7, 11) is 4.17. The second kappa shape index (κ2) is 9.83. The number of amides is 1. The molecule has 0 radical (unpaired) electrons. The Bertz CT molecular complexity index is 1070. The van der Waals surface area contributed by atoms with Crippen LogP contribution < -0.4 is 10.2 Å². The number of anilines is 2. The van der Waals surface area contributed by atoms with Crippen LogP contribution >= 0.6 is 11.6 Å². The van der Waals surface area contributed by atoms with Gasteiger partial charge in [-0.2, -0.15) is 0 Å². The highest BCUT2D eigenvalue weighted by Crippen LogP contribution is 2.25. The van der Waals surface area contributed by atoms with E-state index in [2.05, 4.69) is 50.0 Å². The number of nitrogens with zero attached hydrogens (tertiary/aromatic N) is 6. The summed E-state index contributed by atoms with van der Waals surface area (Å²) in [6.07, 6.45) is 2.62. The molecule has 0 aliphatic carbocycles. The van der Waals surface area contributed by atoms with Crippen molar-refractivity contribution in [2.24, 2.45) is 5.92 Å². The van der Waals surface area contributed by atoms with Crippen LogP contribution in [-0.2, 0) is 11.3 Å². The van der Waals surface area contributed by atoms with Crippen molar-refractivity contribution in [2.45, 2.75) is 32.7 Å². The number of hydrogen-bond donors (Lipinski definition) is 1. The molecule has 8 nitrogen and oxygen atoms in total. The lowest BCUT2D eigenvalue weighted by molar-refractivity contribution is -0.120. The summed E-state index contributed by atoms with van der Waals surface area (Å²) in [5.41, 5.74) is 2.82. The SMILES string of the molecule is Cc1nc2cc(NC(=O)C3CCN(c4ccc(Cl)nn4)CC3)ccc2n1CCCN(C)C. The molecule has 2 aromatic heterocycles. The summed E-state index contributed by atoms with van der Waals surface area (Å²) in [6.45, 7) is 5.54. The van der Waals surface area contributed by atoms with E-state index in [1.165, 1.54) is 0 Å². The third kappa shape index (κ3) is 5.19. The van der Waals surface area contributed by atoms with Crippen molar-refractivity contribution in [3.63, 3.8) is 0 Å². The maximum atomic E-state index is 12.9. The first-order chi connectivity index (χ1) is 15.4. The van der Waals surface area contributed by atoms with Crippen molar-refractivity contribution >= 4 is 40.0 Å². The molecule has 32 heavy (non-hydrogen) atoms. The number of carbonyl (C=O) groups excluding carboxylic acids is 1. The number of aromatic nitrogens is 4. The summed E-state index contributed by atoms with van der Waals surface area (Å²) in [5.74, 6) is 1.84. The number of nitrogens with one attached hydrogen (secondary N) is 1.